The number of ether oxygens (including phenoxy) is 1. The molecule has 0 bridgehead atoms. The number of hydrogen-bond acceptors (Lipinski definition) is 3. The molecule has 0 amide bonds. The minimum Gasteiger partial charge on any atom is -0.385 e. The number of anilines is 1. The molecule has 0 aliphatic heterocycles. The second kappa shape index (κ2) is 7.86. The van der Waals surface area contributed by atoms with E-state index in [9.17, 15) is 4.39 Å². The number of nitrogens with zero attached hydrogens (tertiary/aromatic N) is 1. The van der Waals surface area contributed by atoms with Crippen LogP contribution in [-0.4, -0.2) is 26.2 Å². The predicted octanol–water partition coefficient (Wildman–Crippen LogP) is 1.75. The minimum absolute atomic E-state index is 0.318. The van der Waals surface area contributed by atoms with E-state index in [2.05, 4.69) is 15.7 Å². The summed E-state index contributed by atoms with van der Waals surface area (Å²) in [5.74, 6) is 5.24. The van der Waals surface area contributed by atoms with E-state index in [0.29, 0.717) is 29.8 Å². The average Bonchev–Trinajstić information content (AvgIpc) is 2.37. The highest BCUT2D eigenvalue weighted by atomic mass is 35.5. The summed E-state index contributed by atoms with van der Waals surface area (Å²) in [4.78, 5) is 4.15. The first kappa shape index (κ1) is 14.7. The topological polar surface area (TPSA) is 71.7 Å². The molecule has 100 valence electrons. The van der Waals surface area contributed by atoms with Crippen LogP contribution in [0.3, 0.4) is 0 Å². The van der Waals surface area contributed by atoms with Gasteiger partial charge in [0.05, 0.1) is 10.7 Å². The fourth-order valence-corrected chi connectivity index (χ4v) is 1.41. The van der Waals surface area contributed by atoms with E-state index in [4.69, 9.17) is 22.2 Å². The van der Waals surface area contributed by atoms with Crippen LogP contribution in [-0.2, 0) is 4.74 Å². The van der Waals surface area contributed by atoms with Crippen molar-refractivity contribution >= 4 is 23.2 Å². The van der Waals surface area contributed by atoms with Gasteiger partial charge in [0.15, 0.2) is 0 Å². The first-order valence-electron chi connectivity index (χ1n) is 5.39. The molecule has 18 heavy (non-hydrogen) atoms. The molecule has 0 fully saturated rings. The third-order valence-corrected chi connectivity index (χ3v) is 2.42. The Hall–Kier alpha value is -1.37. The van der Waals surface area contributed by atoms with Crippen LogP contribution in [0.15, 0.2) is 23.2 Å². The number of guanidine groups is 1. The standard InChI is InChI=1S/C11H16ClFN4O/c1-18-6-2-5-15-11(17-14)16-10-7-8(13)3-4-9(10)12/h3-4,7H,2,5-6,14H2,1H3,(H2,15,16,17). The molecule has 0 aliphatic carbocycles. The van der Waals surface area contributed by atoms with Crippen molar-refractivity contribution in [2.24, 2.45) is 10.8 Å². The number of hydrazine groups is 1. The fourth-order valence-electron chi connectivity index (χ4n) is 1.24. The summed E-state index contributed by atoms with van der Waals surface area (Å²) in [6.07, 6.45) is 0.764. The molecule has 0 aliphatic rings. The number of methoxy groups -OCH3 is 1. The number of halogens is 2. The Labute approximate surface area is 110 Å². The zero-order valence-electron chi connectivity index (χ0n) is 10.0. The summed E-state index contributed by atoms with van der Waals surface area (Å²) >= 11 is 5.91. The van der Waals surface area contributed by atoms with Gasteiger partial charge in [-0.2, -0.15) is 0 Å². The van der Waals surface area contributed by atoms with Crippen molar-refractivity contribution < 1.29 is 9.13 Å². The van der Waals surface area contributed by atoms with Crippen molar-refractivity contribution in [2.75, 3.05) is 25.6 Å². The Morgan fingerprint density at radius 2 is 2.33 bits per heavy atom. The number of aliphatic imine (C=N–C) groups is 1. The highest BCUT2D eigenvalue weighted by Crippen LogP contribution is 2.22. The number of benzene rings is 1. The Morgan fingerprint density at radius 1 is 1.56 bits per heavy atom. The van der Waals surface area contributed by atoms with E-state index < -0.39 is 5.82 Å². The van der Waals surface area contributed by atoms with Gasteiger partial charge >= 0.3 is 0 Å². The van der Waals surface area contributed by atoms with Crippen molar-refractivity contribution in [3.05, 3.63) is 29.0 Å². The first-order chi connectivity index (χ1) is 8.67. The smallest absolute Gasteiger partial charge is 0.210 e. The lowest BCUT2D eigenvalue weighted by Crippen LogP contribution is -2.36. The third kappa shape index (κ3) is 4.87. The van der Waals surface area contributed by atoms with E-state index in [1.807, 2.05) is 0 Å². The second-order valence-corrected chi connectivity index (χ2v) is 3.88. The van der Waals surface area contributed by atoms with Crippen molar-refractivity contribution in [2.45, 2.75) is 6.42 Å². The molecule has 0 spiro atoms. The molecule has 0 aromatic heterocycles. The van der Waals surface area contributed by atoms with Gasteiger partial charge in [-0.25, -0.2) is 10.2 Å². The van der Waals surface area contributed by atoms with E-state index in [1.54, 1.807) is 7.11 Å². The van der Waals surface area contributed by atoms with Crippen LogP contribution in [0.4, 0.5) is 10.1 Å². The molecule has 1 rings (SSSR count). The molecule has 0 heterocycles. The van der Waals surface area contributed by atoms with Crippen molar-refractivity contribution in [1.82, 2.24) is 5.43 Å². The number of rotatable bonds is 5. The van der Waals surface area contributed by atoms with Crippen LogP contribution in [0.5, 0.6) is 0 Å². The summed E-state index contributed by atoms with van der Waals surface area (Å²) < 4.78 is 17.9. The van der Waals surface area contributed by atoms with E-state index in [0.717, 1.165) is 6.42 Å². The van der Waals surface area contributed by atoms with Crippen molar-refractivity contribution in [1.29, 1.82) is 0 Å². The zero-order chi connectivity index (χ0) is 13.4. The summed E-state index contributed by atoms with van der Waals surface area (Å²) in [6.45, 7) is 1.15. The number of hydrogen-bond donors (Lipinski definition) is 3. The van der Waals surface area contributed by atoms with E-state index in [-0.39, 0.29) is 0 Å². The van der Waals surface area contributed by atoms with Gasteiger partial charge in [0.25, 0.3) is 0 Å². The minimum atomic E-state index is -0.391. The Bertz CT molecular complexity index is 414. The molecule has 4 N–H and O–H groups in total. The maximum absolute atomic E-state index is 13.0. The maximum Gasteiger partial charge on any atom is 0.210 e. The fraction of sp³-hybridized carbons (Fsp3) is 0.364. The molecule has 0 unspecified atom stereocenters. The molecule has 5 nitrogen and oxygen atoms in total. The van der Waals surface area contributed by atoms with Crippen LogP contribution < -0.4 is 16.6 Å². The van der Waals surface area contributed by atoms with Gasteiger partial charge in [0.2, 0.25) is 5.96 Å². The molecule has 7 heteroatoms. The summed E-state index contributed by atoms with van der Waals surface area (Å²) in [7, 11) is 1.62. The largest absolute Gasteiger partial charge is 0.385 e. The number of nitrogens with one attached hydrogen (secondary N) is 2. The highest BCUT2D eigenvalue weighted by Gasteiger charge is 2.04. The summed E-state index contributed by atoms with van der Waals surface area (Å²) in [5.41, 5.74) is 2.79. The lowest BCUT2D eigenvalue weighted by atomic mass is 10.3. The Balaban J connectivity index is 2.64. The molecular weight excluding hydrogens is 259 g/mol. The Morgan fingerprint density at radius 3 is 3.00 bits per heavy atom. The molecule has 0 atom stereocenters. The lowest BCUT2D eigenvalue weighted by Gasteiger charge is -2.10. The van der Waals surface area contributed by atoms with Gasteiger partial charge in [-0.3, -0.25) is 10.4 Å². The average molecular weight is 275 g/mol. The van der Waals surface area contributed by atoms with Gasteiger partial charge in [-0.15, -0.1) is 0 Å². The quantitative estimate of drug-likeness (QED) is 0.251. The SMILES string of the molecule is COCCCN=C(NN)Nc1cc(F)ccc1Cl. The van der Waals surface area contributed by atoms with Crippen molar-refractivity contribution in [3.63, 3.8) is 0 Å². The second-order valence-electron chi connectivity index (χ2n) is 3.47. The molecule has 0 saturated carbocycles. The normalized spacial score (nSPS) is 11.4. The van der Waals surface area contributed by atoms with Gasteiger partial charge in [-0.1, -0.05) is 11.6 Å². The van der Waals surface area contributed by atoms with Crippen LogP contribution in [0.1, 0.15) is 6.42 Å². The highest BCUT2D eigenvalue weighted by molar-refractivity contribution is 6.33. The van der Waals surface area contributed by atoms with Crippen LogP contribution in [0.25, 0.3) is 0 Å². The lowest BCUT2D eigenvalue weighted by molar-refractivity contribution is 0.197. The van der Waals surface area contributed by atoms with Crippen molar-refractivity contribution in [3.8, 4) is 0 Å². The van der Waals surface area contributed by atoms with Gasteiger partial charge < -0.3 is 10.1 Å². The monoisotopic (exact) mass is 274 g/mol. The summed E-state index contributed by atoms with van der Waals surface area (Å²) in [5, 5.41) is 3.20. The zero-order valence-corrected chi connectivity index (χ0v) is 10.8. The van der Waals surface area contributed by atoms with Crippen LogP contribution >= 0.6 is 11.6 Å². The Kier molecular flexibility index (Phi) is 6.42. The number of nitrogens with two attached hydrogens (primary N) is 1. The van der Waals surface area contributed by atoms with Gasteiger partial charge in [0, 0.05) is 20.3 Å². The molecule has 1 aromatic rings. The van der Waals surface area contributed by atoms with Gasteiger partial charge in [0.1, 0.15) is 5.82 Å². The summed E-state index contributed by atoms with van der Waals surface area (Å²) in [6, 6.07) is 4.00. The molecule has 1 aromatic carbocycles. The van der Waals surface area contributed by atoms with Crippen LogP contribution in [0, 0.1) is 5.82 Å². The first-order valence-corrected chi connectivity index (χ1v) is 5.77. The predicted molar refractivity (Wildman–Crippen MR) is 71.2 cm³/mol. The molecule has 0 saturated heterocycles. The van der Waals surface area contributed by atoms with Crippen LogP contribution in [0.2, 0.25) is 5.02 Å². The van der Waals surface area contributed by atoms with E-state index >= 15 is 0 Å². The third-order valence-electron chi connectivity index (χ3n) is 2.09. The van der Waals surface area contributed by atoms with Gasteiger partial charge in [-0.05, 0) is 24.6 Å². The molecular formula is C11H16ClFN4O. The van der Waals surface area contributed by atoms with E-state index in [1.165, 1.54) is 18.2 Å². The maximum atomic E-state index is 13.0. The molecule has 0 radical (unpaired) electrons.